The Morgan fingerprint density at radius 2 is 1.69 bits per heavy atom. The van der Waals surface area contributed by atoms with E-state index in [2.05, 4.69) is 32.0 Å². The number of amides is 2. The molecule has 0 bridgehead atoms. The van der Waals surface area contributed by atoms with E-state index in [4.69, 9.17) is 32.9 Å². The Kier molecular flexibility index (Phi) is 10.8. The number of hydrogen-bond donors (Lipinski definition) is 3. The Morgan fingerprint density at radius 3 is 2.44 bits per heavy atom. The molecule has 0 spiro atoms. The molecule has 54 heavy (non-hydrogen) atoms. The second kappa shape index (κ2) is 15.7. The van der Waals surface area contributed by atoms with E-state index in [1.807, 2.05) is 124 Å². The van der Waals surface area contributed by atoms with Crippen molar-refractivity contribution in [2.45, 2.75) is 64.8 Å². The first-order chi connectivity index (χ1) is 25.9. The first-order valence-electron chi connectivity index (χ1n) is 18.2. The van der Waals surface area contributed by atoms with Crippen LogP contribution < -0.4 is 10.6 Å². The fourth-order valence-corrected chi connectivity index (χ4v) is 7.49. The summed E-state index contributed by atoms with van der Waals surface area (Å²) in [5, 5.41) is 8.34. The van der Waals surface area contributed by atoms with E-state index in [9.17, 15) is 9.59 Å². The number of aromatic nitrogens is 3. The van der Waals surface area contributed by atoms with E-state index in [1.54, 1.807) is 0 Å². The molecule has 0 radical (unpaired) electrons. The van der Waals surface area contributed by atoms with Gasteiger partial charge in [0.15, 0.2) is 0 Å². The molecule has 2 atom stereocenters. The standard InChI is InChI=1S/C43H44Cl2N6O3/c1-27(28-16-18-31(44)19-17-28)51-26-46-38(29-11-6-5-7-12-29)40(51)37-34-21-20-32(45)23-36(34)48-39(37)41(52)49-35-15-9-8-13-30(35)24-50-22-10-14-33(25-50)47-42(53)54-43(2,3)4/h5-9,11-13,15-21,23,26-27,33,48H,10,14,22,24-25H2,1-4H3,(H,47,53)(H,49,52)/t27-,33+/m0/s1. The summed E-state index contributed by atoms with van der Waals surface area (Å²) in [6.45, 7) is 9.83. The van der Waals surface area contributed by atoms with Crippen LogP contribution in [0.2, 0.25) is 10.0 Å². The summed E-state index contributed by atoms with van der Waals surface area (Å²) in [5.74, 6) is -0.293. The molecule has 0 saturated carbocycles. The number of H-pyrrole nitrogens is 1. The van der Waals surface area contributed by atoms with Crippen molar-refractivity contribution in [2.24, 2.45) is 0 Å². The van der Waals surface area contributed by atoms with Crippen molar-refractivity contribution < 1.29 is 14.3 Å². The Labute approximate surface area is 325 Å². The highest BCUT2D eigenvalue weighted by Crippen LogP contribution is 2.41. The molecule has 2 aromatic heterocycles. The maximum absolute atomic E-state index is 14.7. The summed E-state index contributed by atoms with van der Waals surface area (Å²) in [7, 11) is 0. The minimum absolute atomic E-state index is 0.0324. The van der Waals surface area contributed by atoms with Crippen LogP contribution in [-0.4, -0.2) is 56.2 Å². The molecule has 9 nitrogen and oxygen atoms in total. The van der Waals surface area contributed by atoms with Gasteiger partial charge in [-0.15, -0.1) is 0 Å². The maximum Gasteiger partial charge on any atom is 0.407 e. The van der Waals surface area contributed by atoms with Crippen LogP contribution in [0.25, 0.3) is 33.4 Å². The van der Waals surface area contributed by atoms with Crippen LogP contribution >= 0.6 is 23.2 Å². The van der Waals surface area contributed by atoms with Crippen LogP contribution in [-0.2, 0) is 11.3 Å². The first kappa shape index (κ1) is 37.2. The summed E-state index contributed by atoms with van der Waals surface area (Å²) >= 11 is 12.8. The molecule has 11 heteroatoms. The summed E-state index contributed by atoms with van der Waals surface area (Å²) < 4.78 is 7.62. The first-order valence-corrected chi connectivity index (χ1v) is 19.0. The van der Waals surface area contributed by atoms with Gasteiger partial charge in [-0.3, -0.25) is 9.69 Å². The van der Waals surface area contributed by atoms with Gasteiger partial charge in [0.05, 0.1) is 23.8 Å². The zero-order valence-corrected chi connectivity index (χ0v) is 32.3. The lowest BCUT2D eigenvalue weighted by molar-refractivity contribution is 0.0470. The molecule has 3 heterocycles. The molecule has 1 fully saturated rings. The molecule has 0 aliphatic carbocycles. The van der Waals surface area contributed by atoms with Gasteiger partial charge in [0.1, 0.15) is 11.3 Å². The van der Waals surface area contributed by atoms with E-state index < -0.39 is 11.7 Å². The largest absolute Gasteiger partial charge is 0.444 e. The lowest BCUT2D eigenvalue weighted by atomic mass is 9.99. The zero-order valence-electron chi connectivity index (χ0n) is 30.8. The number of rotatable bonds is 9. The van der Waals surface area contributed by atoms with Crippen LogP contribution in [0, 0.1) is 0 Å². The van der Waals surface area contributed by atoms with Crippen LogP contribution in [0.15, 0.2) is 103 Å². The van der Waals surface area contributed by atoms with Crippen molar-refractivity contribution in [1.29, 1.82) is 0 Å². The number of hydrogen-bond acceptors (Lipinski definition) is 5. The molecule has 1 saturated heterocycles. The summed E-state index contributed by atoms with van der Waals surface area (Å²) in [5.41, 5.74) is 6.48. The average Bonchev–Trinajstić information content (AvgIpc) is 3.74. The van der Waals surface area contributed by atoms with Gasteiger partial charge in [-0.2, -0.15) is 0 Å². The second-order valence-electron chi connectivity index (χ2n) is 14.8. The lowest BCUT2D eigenvalue weighted by Gasteiger charge is -2.34. The highest BCUT2D eigenvalue weighted by atomic mass is 35.5. The molecular formula is C43H44Cl2N6O3. The van der Waals surface area contributed by atoms with Crippen LogP contribution in [0.4, 0.5) is 10.5 Å². The zero-order chi connectivity index (χ0) is 38.0. The van der Waals surface area contributed by atoms with Gasteiger partial charge >= 0.3 is 6.09 Å². The van der Waals surface area contributed by atoms with Crippen molar-refractivity contribution >= 4 is 51.8 Å². The number of benzene rings is 4. The molecular weight excluding hydrogens is 719 g/mol. The van der Waals surface area contributed by atoms with Gasteiger partial charge in [0.2, 0.25) is 0 Å². The van der Waals surface area contributed by atoms with Crippen molar-refractivity contribution in [3.05, 3.63) is 130 Å². The van der Waals surface area contributed by atoms with Gasteiger partial charge in [-0.05, 0) is 88.5 Å². The van der Waals surface area contributed by atoms with Crippen molar-refractivity contribution in [2.75, 3.05) is 18.4 Å². The lowest BCUT2D eigenvalue weighted by Crippen LogP contribution is -2.48. The number of alkyl carbamates (subject to hydrolysis) is 1. The maximum atomic E-state index is 14.7. The number of nitrogens with one attached hydrogen (secondary N) is 3. The average molecular weight is 764 g/mol. The SMILES string of the molecule is C[C@@H](c1ccc(Cl)cc1)n1cnc(-c2ccccc2)c1-c1c(C(=O)Nc2ccccc2CN2CCC[C@@H](NC(=O)OC(C)(C)C)C2)[nH]c2cc(Cl)ccc12. The topological polar surface area (TPSA) is 104 Å². The summed E-state index contributed by atoms with van der Waals surface area (Å²) in [6.07, 6.45) is 3.24. The van der Waals surface area contributed by atoms with Gasteiger partial charge in [0.25, 0.3) is 5.91 Å². The molecule has 4 aromatic carbocycles. The number of carbonyl (C=O) groups is 2. The summed E-state index contributed by atoms with van der Waals surface area (Å²) in [6, 6.07) is 31.1. The molecule has 6 aromatic rings. The van der Waals surface area contributed by atoms with Crippen molar-refractivity contribution in [1.82, 2.24) is 24.8 Å². The fourth-order valence-electron chi connectivity index (χ4n) is 7.19. The molecule has 1 aliphatic rings. The predicted molar refractivity (Wildman–Crippen MR) is 217 cm³/mol. The van der Waals surface area contributed by atoms with Gasteiger partial charge in [-0.1, -0.05) is 89.9 Å². The normalized spacial score (nSPS) is 15.6. The Bertz CT molecular complexity index is 2280. The number of para-hydroxylation sites is 1. The second-order valence-corrected chi connectivity index (χ2v) is 15.7. The molecule has 7 rings (SSSR count). The number of fused-ring (bicyclic) bond motifs is 1. The predicted octanol–water partition coefficient (Wildman–Crippen LogP) is 10.4. The number of ether oxygens (including phenoxy) is 1. The van der Waals surface area contributed by atoms with Crippen LogP contribution in [0.3, 0.4) is 0 Å². The Balaban J connectivity index is 1.24. The van der Waals surface area contributed by atoms with Gasteiger partial charge < -0.3 is 24.9 Å². The van der Waals surface area contributed by atoms with Crippen molar-refractivity contribution in [3.8, 4) is 22.5 Å². The molecule has 2 amide bonds. The minimum Gasteiger partial charge on any atom is -0.444 e. The Morgan fingerprint density at radius 1 is 0.963 bits per heavy atom. The van der Waals surface area contributed by atoms with E-state index in [-0.39, 0.29) is 18.0 Å². The third kappa shape index (κ3) is 8.34. The number of piperidine rings is 1. The van der Waals surface area contributed by atoms with Crippen LogP contribution in [0.5, 0.6) is 0 Å². The summed E-state index contributed by atoms with van der Waals surface area (Å²) in [4.78, 5) is 37.9. The quantitative estimate of drug-likeness (QED) is 0.136. The molecule has 1 aliphatic heterocycles. The minimum atomic E-state index is -0.565. The number of halogens is 2. The van der Waals surface area contributed by atoms with E-state index >= 15 is 0 Å². The number of aromatic amines is 1. The van der Waals surface area contributed by atoms with Crippen LogP contribution in [0.1, 0.15) is 68.2 Å². The highest BCUT2D eigenvalue weighted by molar-refractivity contribution is 6.31. The third-order valence-corrected chi connectivity index (χ3v) is 10.2. The fraction of sp³-hybridized carbons (Fsp3) is 0.279. The van der Waals surface area contributed by atoms with Gasteiger partial charge in [0, 0.05) is 56.9 Å². The van der Waals surface area contributed by atoms with E-state index in [0.29, 0.717) is 34.5 Å². The monoisotopic (exact) mass is 762 g/mol. The molecule has 3 N–H and O–H groups in total. The highest BCUT2D eigenvalue weighted by Gasteiger charge is 2.29. The smallest absolute Gasteiger partial charge is 0.407 e. The number of likely N-dealkylation sites (tertiary alicyclic amines) is 1. The Hall–Kier alpha value is -5.09. The van der Waals surface area contributed by atoms with Crippen molar-refractivity contribution in [3.63, 3.8) is 0 Å². The van der Waals surface area contributed by atoms with E-state index in [0.717, 1.165) is 63.9 Å². The molecule has 0 unspecified atom stereocenters. The number of anilines is 1. The van der Waals surface area contributed by atoms with E-state index in [1.165, 1.54) is 0 Å². The number of carbonyl (C=O) groups excluding carboxylic acids is 2. The third-order valence-electron chi connectivity index (χ3n) is 9.72. The number of imidazole rings is 1. The van der Waals surface area contributed by atoms with Gasteiger partial charge in [-0.25, -0.2) is 9.78 Å². The molecule has 278 valence electrons. The number of nitrogens with zero attached hydrogens (tertiary/aromatic N) is 3.